The minimum atomic E-state index is -3.62. The largest absolute Gasteiger partial charge is 0.497 e. The number of ether oxygens (including phenoxy) is 2. The number of nitrogens with one attached hydrogen (secondary N) is 1. The quantitative estimate of drug-likeness (QED) is 0.375. The van der Waals surface area contributed by atoms with Crippen LogP contribution in [0.5, 0.6) is 5.75 Å². The molecule has 0 bridgehead atoms. The molecule has 0 unspecified atom stereocenters. The van der Waals surface area contributed by atoms with Gasteiger partial charge in [-0.05, 0) is 49.1 Å². The number of nitrogens with zero attached hydrogens (tertiary/aromatic N) is 3. The van der Waals surface area contributed by atoms with Gasteiger partial charge in [-0.3, -0.25) is 4.79 Å². The molecule has 0 radical (unpaired) electrons. The Balaban J connectivity index is 1.73. The summed E-state index contributed by atoms with van der Waals surface area (Å²) in [6, 6.07) is 14.0. The molecule has 1 N–H and O–H groups in total. The monoisotopic (exact) mass is 594 g/mol. The van der Waals surface area contributed by atoms with Gasteiger partial charge in [0, 0.05) is 56.1 Å². The summed E-state index contributed by atoms with van der Waals surface area (Å²) >= 11 is 6.06. The van der Waals surface area contributed by atoms with Gasteiger partial charge in [-0.15, -0.1) is 0 Å². The summed E-state index contributed by atoms with van der Waals surface area (Å²) in [6.07, 6.45) is 1.57. The Hall–Kier alpha value is -2.86. The highest BCUT2D eigenvalue weighted by Gasteiger charge is 2.32. The van der Waals surface area contributed by atoms with E-state index in [1.165, 1.54) is 11.4 Å². The molecule has 2 aromatic rings. The van der Waals surface area contributed by atoms with Crippen molar-refractivity contribution in [3.8, 4) is 5.75 Å². The highest BCUT2D eigenvalue weighted by molar-refractivity contribution is 7.89. The second kappa shape index (κ2) is 15.2. The molecule has 0 saturated carbocycles. The molecule has 0 aromatic heterocycles. The molecule has 220 valence electrons. The number of carbonyl (C=O) groups is 2. The number of hydrogen-bond acceptors (Lipinski definition) is 6. The third-order valence-electron chi connectivity index (χ3n) is 6.81. The molecule has 1 fully saturated rings. The summed E-state index contributed by atoms with van der Waals surface area (Å²) < 4.78 is 37.4. The Kier molecular flexibility index (Phi) is 12.1. The zero-order valence-electron chi connectivity index (χ0n) is 23.3. The second-order valence-corrected chi connectivity index (χ2v) is 12.2. The molecule has 3 amide bonds. The number of amides is 3. The highest BCUT2D eigenvalue weighted by atomic mass is 35.5. The summed E-state index contributed by atoms with van der Waals surface area (Å²) in [5.41, 5.74) is 1.52. The number of piperidine rings is 1. The van der Waals surface area contributed by atoms with Crippen molar-refractivity contribution in [1.82, 2.24) is 14.1 Å². The van der Waals surface area contributed by atoms with E-state index in [-0.39, 0.29) is 43.4 Å². The fourth-order valence-electron chi connectivity index (χ4n) is 4.63. The highest BCUT2D eigenvalue weighted by Crippen LogP contribution is 2.23. The van der Waals surface area contributed by atoms with Crippen LogP contribution in [0.2, 0.25) is 5.02 Å². The molecule has 0 aliphatic carbocycles. The van der Waals surface area contributed by atoms with Crippen LogP contribution >= 0.6 is 11.6 Å². The molecule has 1 aliphatic rings. The molecule has 0 atom stereocenters. The Morgan fingerprint density at radius 1 is 1.10 bits per heavy atom. The summed E-state index contributed by atoms with van der Waals surface area (Å²) in [4.78, 5) is 30.1. The number of anilines is 1. The van der Waals surface area contributed by atoms with Crippen molar-refractivity contribution in [3.05, 3.63) is 59.1 Å². The van der Waals surface area contributed by atoms with E-state index >= 15 is 0 Å². The van der Waals surface area contributed by atoms with E-state index in [1.54, 1.807) is 60.2 Å². The molecule has 1 heterocycles. The zero-order valence-corrected chi connectivity index (χ0v) is 24.9. The maximum atomic E-state index is 13.7. The van der Waals surface area contributed by atoms with Gasteiger partial charge in [0.1, 0.15) is 5.75 Å². The number of methoxy groups -OCH3 is 2. The van der Waals surface area contributed by atoms with Crippen LogP contribution in [0.4, 0.5) is 10.5 Å². The normalized spacial score (nSPS) is 14.3. The van der Waals surface area contributed by atoms with Crippen molar-refractivity contribution in [2.75, 3.05) is 58.1 Å². The number of likely N-dealkylation sites (tertiary alicyclic amines) is 1. The van der Waals surface area contributed by atoms with Gasteiger partial charge in [-0.25, -0.2) is 13.2 Å². The number of halogens is 1. The maximum Gasteiger partial charge on any atom is 0.321 e. The molecule has 40 heavy (non-hydrogen) atoms. The molecule has 3 rings (SSSR count). The van der Waals surface area contributed by atoms with Crippen molar-refractivity contribution in [2.45, 2.75) is 38.8 Å². The van der Waals surface area contributed by atoms with E-state index < -0.39 is 10.0 Å². The number of hydrogen-bond donors (Lipinski definition) is 1. The Morgan fingerprint density at radius 3 is 2.42 bits per heavy atom. The summed E-state index contributed by atoms with van der Waals surface area (Å²) in [6.45, 7) is 3.02. The van der Waals surface area contributed by atoms with Crippen LogP contribution in [0.1, 0.15) is 31.7 Å². The van der Waals surface area contributed by atoms with Gasteiger partial charge in [0.15, 0.2) is 0 Å². The first-order chi connectivity index (χ1) is 19.2. The lowest BCUT2D eigenvalue weighted by molar-refractivity contribution is -0.135. The van der Waals surface area contributed by atoms with E-state index in [2.05, 4.69) is 5.32 Å². The van der Waals surface area contributed by atoms with Gasteiger partial charge < -0.3 is 24.6 Å². The predicted molar refractivity (Wildman–Crippen MR) is 156 cm³/mol. The lowest BCUT2D eigenvalue weighted by Crippen LogP contribution is -2.52. The SMILES string of the molecule is CCCS(=O)(=O)N(CCOC)CC(=O)N(Cc1ccc(Cl)cc1)C1CCN(C(=O)Nc2cccc(OC)c2)CC1. The third kappa shape index (κ3) is 9.09. The average Bonchev–Trinajstić information content (AvgIpc) is 2.95. The van der Waals surface area contributed by atoms with Crippen molar-refractivity contribution < 1.29 is 27.5 Å². The van der Waals surface area contributed by atoms with E-state index in [1.807, 2.05) is 12.1 Å². The minimum Gasteiger partial charge on any atom is -0.497 e. The number of rotatable bonds is 13. The van der Waals surface area contributed by atoms with Crippen LogP contribution < -0.4 is 10.1 Å². The summed E-state index contributed by atoms with van der Waals surface area (Å²) in [7, 11) is -0.553. The van der Waals surface area contributed by atoms with Gasteiger partial charge >= 0.3 is 6.03 Å². The molecule has 2 aromatic carbocycles. The first kappa shape index (κ1) is 31.7. The van der Waals surface area contributed by atoms with E-state index in [0.29, 0.717) is 55.4 Å². The molecule has 1 saturated heterocycles. The first-order valence-corrected chi connectivity index (χ1v) is 15.4. The van der Waals surface area contributed by atoms with Crippen LogP contribution in [0, 0.1) is 0 Å². The van der Waals surface area contributed by atoms with Gasteiger partial charge in [-0.2, -0.15) is 4.31 Å². The smallest absolute Gasteiger partial charge is 0.321 e. The van der Waals surface area contributed by atoms with Crippen LogP contribution in [-0.2, 0) is 26.1 Å². The Morgan fingerprint density at radius 2 is 1.80 bits per heavy atom. The van der Waals surface area contributed by atoms with Crippen LogP contribution in [0.25, 0.3) is 0 Å². The molecule has 12 heteroatoms. The molecular weight excluding hydrogens is 556 g/mol. The summed E-state index contributed by atoms with van der Waals surface area (Å²) in [5, 5.41) is 3.49. The molecule has 10 nitrogen and oxygen atoms in total. The third-order valence-corrected chi connectivity index (χ3v) is 9.09. The number of carbonyl (C=O) groups excluding carboxylic acids is 2. The standard InChI is InChI=1S/C28H39ClN4O6S/c1-4-18-40(36,37)32(16-17-38-2)21-27(34)33(20-22-8-10-23(29)11-9-22)25-12-14-31(15-13-25)28(35)30-24-6-5-7-26(19-24)39-3/h5-11,19,25H,4,12-18,20-21H2,1-3H3,(H,30,35). The van der Waals surface area contributed by atoms with Gasteiger partial charge in [0.05, 0.1) is 26.0 Å². The van der Waals surface area contributed by atoms with Crippen molar-refractivity contribution in [3.63, 3.8) is 0 Å². The first-order valence-electron chi connectivity index (χ1n) is 13.4. The Bertz CT molecular complexity index is 1220. The molecular formula is C28H39ClN4O6S. The lowest BCUT2D eigenvalue weighted by Gasteiger charge is -2.39. The topological polar surface area (TPSA) is 108 Å². The number of urea groups is 1. The number of benzene rings is 2. The van der Waals surface area contributed by atoms with Crippen molar-refractivity contribution >= 4 is 39.2 Å². The van der Waals surface area contributed by atoms with Crippen LogP contribution in [0.15, 0.2) is 48.5 Å². The maximum absolute atomic E-state index is 13.7. The van der Waals surface area contributed by atoms with Crippen LogP contribution in [-0.4, -0.2) is 93.3 Å². The van der Waals surface area contributed by atoms with Crippen molar-refractivity contribution in [1.29, 1.82) is 0 Å². The second-order valence-electron chi connectivity index (χ2n) is 9.67. The zero-order chi connectivity index (χ0) is 29.1. The number of sulfonamides is 1. The van der Waals surface area contributed by atoms with E-state index in [0.717, 1.165) is 5.56 Å². The fraction of sp³-hybridized carbons (Fsp3) is 0.500. The van der Waals surface area contributed by atoms with Crippen molar-refractivity contribution in [2.24, 2.45) is 0 Å². The fourth-order valence-corrected chi connectivity index (χ4v) is 6.19. The van der Waals surface area contributed by atoms with Gasteiger partial charge in [0.25, 0.3) is 0 Å². The van der Waals surface area contributed by atoms with Crippen LogP contribution in [0.3, 0.4) is 0 Å². The summed E-state index contributed by atoms with van der Waals surface area (Å²) in [5.74, 6) is 0.320. The van der Waals surface area contributed by atoms with Gasteiger partial charge in [0.2, 0.25) is 15.9 Å². The minimum absolute atomic E-state index is 0.0397. The lowest BCUT2D eigenvalue weighted by atomic mass is 10.0. The Labute approximate surface area is 242 Å². The average molecular weight is 595 g/mol. The molecule has 0 spiro atoms. The van der Waals surface area contributed by atoms with E-state index in [9.17, 15) is 18.0 Å². The predicted octanol–water partition coefficient (Wildman–Crippen LogP) is 4.06. The van der Waals surface area contributed by atoms with E-state index in [4.69, 9.17) is 21.1 Å². The van der Waals surface area contributed by atoms with Gasteiger partial charge in [-0.1, -0.05) is 36.7 Å². The molecule has 1 aliphatic heterocycles.